The number of unbranched alkanes of at least 4 members (excludes halogenated alkanes) is 1. The van der Waals surface area contributed by atoms with E-state index in [0.29, 0.717) is 24.6 Å². The molecule has 2 rings (SSSR count). The van der Waals surface area contributed by atoms with E-state index in [0.717, 1.165) is 24.1 Å². The summed E-state index contributed by atoms with van der Waals surface area (Å²) in [5, 5.41) is 12.8. The molecule has 0 unspecified atom stereocenters. The lowest BCUT2D eigenvalue weighted by atomic mass is 9.86. The fraction of sp³-hybridized carbons (Fsp3) is 0.458. The predicted molar refractivity (Wildman–Crippen MR) is 118 cm³/mol. The largest absolute Gasteiger partial charge is 0.481 e. The van der Waals surface area contributed by atoms with Crippen LogP contribution in [-0.2, 0) is 21.6 Å². The van der Waals surface area contributed by atoms with Gasteiger partial charge in [0.2, 0.25) is 0 Å². The Morgan fingerprint density at radius 3 is 2.59 bits per heavy atom. The number of nitrogens with one attached hydrogen (secondary N) is 1. The summed E-state index contributed by atoms with van der Waals surface area (Å²) in [5.41, 5.74) is 3.56. The fourth-order valence-electron chi connectivity index (χ4n) is 3.06. The van der Waals surface area contributed by atoms with Crippen molar-refractivity contribution < 1.29 is 14.6 Å². The molecule has 2 aromatic rings. The molecular formula is C24H32ClNO3. The first kappa shape index (κ1) is 23.4. The van der Waals surface area contributed by atoms with Crippen LogP contribution in [0.5, 0.6) is 0 Å². The van der Waals surface area contributed by atoms with E-state index in [1.807, 2.05) is 24.3 Å². The number of benzene rings is 2. The molecular weight excluding hydrogens is 386 g/mol. The highest BCUT2D eigenvalue weighted by atomic mass is 35.5. The van der Waals surface area contributed by atoms with Crippen molar-refractivity contribution in [2.75, 3.05) is 13.1 Å². The molecule has 1 atom stereocenters. The van der Waals surface area contributed by atoms with Gasteiger partial charge < -0.3 is 15.2 Å². The van der Waals surface area contributed by atoms with E-state index in [4.69, 9.17) is 21.4 Å². The van der Waals surface area contributed by atoms with Crippen LogP contribution in [0.4, 0.5) is 0 Å². The number of carbonyl (C=O) groups is 1. The van der Waals surface area contributed by atoms with E-state index in [9.17, 15) is 4.79 Å². The zero-order valence-electron chi connectivity index (χ0n) is 17.6. The molecule has 0 aliphatic carbocycles. The Morgan fingerprint density at radius 2 is 1.90 bits per heavy atom. The molecule has 0 aliphatic heterocycles. The minimum absolute atomic E-state index is 0.0971. The quantitative estimate of drug-likeness (QED) is 0.457. The Bertz CT molecular complexity index is 786. The maximum atomic E-state index is 10.6. The van der Waals surface area contributed by atoms with Gasteiger partial charge in [0.1, 0.15) is 0 Å². The zero-order chi connectivity index (χ0) is 21.3. The lowest BCUT2D eigenvalue weighted by molar-refractivity contribution is -0.137. The summed E-state index contributed by atoms with van der Waals surface area (Å²) in [6.45, 7) is 8.53. The smallest absolute Gasteiger partial charge is 0.303 e. The van der Waals surface area contributed by atoms with Gasteiger partial charge in [-0.3, -0.25) is 4.79 Å². The molecule has 2 aromatic carbocycles. The van der Waals surface area contributed by atoms with E-state index in [1.54, 1.807) is 0 Å². The molecule has 0 aliphatic rings. The first-order valence-corrected chi connectivity index (χ1v) is 10.5. The van der Waals surface area contributed by atoms with Crippen LogP contribution in [0.1, 0.15) is 62.8 Å². The molecule has 0 heterocycles. The van der Waals surface area contributed by atoms with Crippen molar-refractivity contribution in [1.82, 2.24) is 5.32 Å². The topological polar surface area (TPSA) is 58.6 Å². The maximum Gasteiger partial charge on any atom is 0.303 e. The molecule has 0 bridgehead atoms. The van der Waals surface area contributed by atoms with Crippen molar-refractivity contribution in [2.24, 2.45) is 0 Å². The van der Waals surface area contributed by atoms with Gasteiger partial charge in [0.05, 0.1) is 12.7 Å². The molecule has 0 saturated heterocycles. The van der Waals surface area contributed by atoms with E-state index in [1.165, 1.54) is 5.56 Å². The lowest BCUT2D eigenvalue weighted by Crippen LogP contribution is -2.24. The minimum Gasteiger partial charge on any atom is -0.481 e. The normalized spacial score (nSPS) is 12.7. The third kappa shape index (κ3) is 8.57. The Hall–Kier alpha value is -1.88. The first-order valence-electron chi connectivity index (χ1n) is 10.1. The first-order chi connectivity index (χ1) is 13.8. The van der Waals surface area contributed by atoms with Crippen molar-refractivity contribution in [3.63, 3.8) is 0 Å². The number of carboxylic acid groups (broad SMARTS) is 1. The van der Waals surface area contributed by atoms with Gasteiger partial charge in [0, 0.05) is 18.0 Å². The molecule has 5 heteroatoms. The molecule has 0 radical (unpaired) electrons. The fourth-order valence-corrected chi connectivity index (χ4v) is 3.26. The van der Waals surface area contributed by atoms with E-state index in [2.05, 4.69) is 50.4 Å². The molecule has 0 saturated carbocycles. The van der Waals surface area contributed by atoms with Gasteiger partial charge in [-0.1, -0.05) is 68.8 Å². The van der Waals surface area contributed by atoms with Crippen LogP contribution in [-0.4, -0.2) is 24.2 Å². The molecule has 0 fully saturated rings. The molecule has 4 nitrogen and oxygen atoms in total. The number of halogens is 1. The zero-order valence-corrected chi connectivity index (χ0v) is 18.3. The van der Waals surface area contributed by atoms with Crippen LogP contribution in [0.15, 0.2) is 48.5 Å². The molecule has 0 spiro atoms. The number of ether oxygens (including phenoxy) is 1. The molecule has 0 amide bonds. The van der Waals surface area contributed by atoms with Crippen LogP contribution < -0.4 is 5.32 Å². The second-order valence-corrected chi connectivity index (χ2v) is 8.80. The molecule has 2 N–H and O–H groups in total. The summed E-state index contributed by atoms with van der Waals surface area (Å²) >= 11 is 6.18. The SMILES string of the molecule is CC(C)(C)c1cccc(CO[C@@H](CNCCCCC(=O)O)c2cccc(Cl)c2)c1. The van der Waals surface area contributed by atoms with Gasteiger partial charge in [-0.25, -0.2) is 0 Å². The number of hydrogen-bond donors (Lipinski definition) is 2. The monoisotopic (exact) mass is 417 g/mol. The van der Waals surface area contributed by atoms with Crippen LogP contribution in [0.25, 0.3) is 0 Å². The Kier molecular flexibility index (Phi) is 9.15. The van der Waals surface area contributed by atoms with Crippen molar-refractivity contribution in [3.05, 3.63) is 70.2 Å². The average molecular weight is 418 g/mol. The highest BCUT2D eigenvalue weighted by Gasteiger charge is 2.16. The van der Waals surface area contributed by atoms with E-state index < -0.39 is 5.97 Å². The highest BCUT2D eigenvalue weighted by Crippen LogP contribution is 2.25. The predicted octanol–water partition coefficient (Wildman–Crippen LogP) is 5.74. The second-order valence-electron chi connectivity index (χ2n) is 8.36. The van der Waals surface area contributed by atoms with Crippen molar-refractivity contribution in [1.29, 1.82) is 0 Å². The number of aliphatic carboxylic acids is 1. The van der Waals surface area contributed by atoms with Gasteiger partial charge in [-0.15, -0.1) is 0 Å². The van der Waals surface area contributed by atoms with Gasteiger partial charge in [0.15, 0.2) is 0 Å². The minimum atomic E-state index is -0.748. The molecule has 29 heavy (non-hydrogen) atoms. The number of carboxylic acids is 1. The van der Waals surface area contributed by atoms with Crippen LogP contribution in [0.2, 0.25) is 5.02 Å². The standard InChI is InChI=1S/C24H32ClNO3/c1-24(2,3)20-10-6-8-18(14-20)17-29-22(19-9-7-11-21(25)15-19)16-26-13-5-4-12-23(27)28/h6-11,14-15,22,26H,4-5,12-13,16-17H2,1-3H3,(H,27,28)/t22-/m0/s1. The Balaban J connectivity index is 1.98. The van der Waals surface area contributed by atoms with Crippen LogP contribution in [0.3, 0.4) is 0 Å². The second kappa shape index (κ2) is 11.3. The van der Waals surface area contributed by atoms with Gasteiger partial charge in [-0.05, 0) is 53.6 Å². The molecule has 158 valence electrons. The third-order valence-corrected chi connectivity index (χ3v) is 5.02. The van der Waals surface area contributed by atoms with E-state index >= 15 is 0 Å². The van der Waals surface area contributed by atoms with Crippen molar-refractivity contribution in [3.8, 4) is 0 Å². The van der Waals surface area contributed by atoms with Crippen molar-refractivity contribution in [2.45, 2.75) is 58.2 Å². The number of hydrogen-bond acceptors (Lipinski definition) is 3. The summed E-state index contributed by atoms with van der Waals surface area (Å²) < 4.78 is 6.27. The number of rotatable bonds is 11. The summed E-state index contributed by atoms with van der Waals surface area (Å²) in [4.78, 5) is 10.6. The lowest BCUT2D eigenvalue weighted by Gasteiger charge is -2.22. The Morgan fingerprint density at radius 1 is 1.14 bits per heavy atom. The average Bonchev–Trinajstić information content (AvgIpc) is 2.66. The van der Waals surface area contributed by atoms with Crippen molar-refractivity contribution >= 4 is 17.6 Å². The van der Waals surface area contributed by atoms with Gasteiger partial charge >= 0.3 is 5.97 Å². The summed E-state index contributed by atoms with van der Waals surface area (Å²) in [5.74, 6) is -0.748. The van der Waals surface area contributed by atoms with E-state index in [-0.39, 0.29) is 17.9 Å². The highest BCUT2D eigenvalue weighted by molar-refractivity contribution is 6.30. The summed E-state index contributed by atoms with van der Waals surface area (Å²) in [6.07, 6.45) is 1.57. The van der Waals surface area contributed by atoms with Gasteiger partial charge in [-0.2, -0.15) is 0 Å². The van der Waals surface area contributed by atoms with Crippen LogP contribution >= 0.6 is 11.6 Å². The summed E-state index contributed by atoms with van der Waals surface area (Å²) in [6, 6.07) is 16.3. The summed E-state index contributed by atoms with van der Waals surface area (Å²) in [7, 11) is 0. The van der Waals surface area contributed by atoms with Gasteiger partial charge in [0.25, 0.3) is 0 Å². The Labute approximate surface area is 179 Å². The third-order valence-electron chi connectivity index (χ3n) is 4.79. The molecule has 0 aromatic heterocycles. The van der Waals surface area contributed by atoms with Crippen LogP contribution in [0, 0.1) is 0 Å². The maximum absolute atomic E-state index is 10.6.